The van der Waals surface area contributed by atoms with Crippen LogP contribution in [-0.4, -0.2) is 41.4 Å². The minimum Gasteiger partial charge on any atom is -0.504 e. The summed E-state index contributed by atoms with van der Waals surface area (Å²) in [6.45, 7) is -6.78. The van der Waals surface area contributed by atoms with Gasteiger partial charge in [0.15, 0.2) is 17.3 Å². The molecule has 0 aliphatic carbocycles. The van der Waals surface area contributed by atoms with E-state index in [1.807, 2.05) is 0 Å². The van der Waals surface area contributed by atoms with Gasteiger partial charge >= 0.3 is 0 Å². The Balaban J connectivity index is 0.00000400. The minimum absolute atomic E-state index is 0. The van der Waals surface area contributed by atoms with Crippen molar-refractivity contribution in [1.29, 1.82) is 0 Å². The quantitative estimate of drug-likeness (QED) is 0.614. The van der Waals surface area contributed by atoms with Gasteiger partial charge in [-0.25, -0.2) is 0 Å². The lowest BCUT2D eigenvalue weighted by atomic mass is 10.1. The van der Waals surface area contributed by atoms with Gasteiger partial charge < -0.3 is 15.1 Å². The van der Waals surface area contributed by atoms with E-state index >= 15 is 0 Å². The van der Waals surface area contributed by atoms with Crippen LogP contribution in [0.5, 0.6) is 11.5 Å². The second-order valence-electron chi connectivity index (χ2n) is 2.71. The van der Waals surface area contributed by atoms with E-state index in [9.17, 15) is 9.90 Å². The predicted octanol–water partition coefficient (Wildman–Crippen LogP) is 1.26. The Hall–Kier alpha value is -1.26. The van der Waals surface area contributed by atoms with Gasteiger partial charge in [-0.3, -0.25) is 4.79 Å². The van der Waals surface area contributed by atoms with E-state index in [1.54, 1.807) is 0 Å². The summed E-state index contributed by atoms with van der Waals surface area (Å²) in [6.07, 6.45) is 0. The Bertz CT molecular complexity index is 502. The highest BCUT2D eigenvalue weighted by Crippen LogP contribution is 2.24. The molecular weight excluding hydrogens is 218 g/mol. The number of ketones is 1. The number of rotatable bonds is 3. The molecule has 1 aromatic carbocycles. The Labute approximate surface area is 103 Å². The third-order valence-corrected chi connectivity index (χ3v) is 1.60. The van der Waals surface area contributed by atoms with Crippen molar-refractivity contribution in [3.05, 3.63) is 23.8 Å². The van der Waals surface area contributed by atoms with E-state index < -0.39 is 37.8 Å². The first kappa shape index (κ1) is 6.35. The third kappa shape index (κ3) is 3.77. The number of aromatic hydroxyl groups is 2. The molecule has 0 radical (unpaired) electrons. The number of phenols is 2. The first-order valence-electron chi connectivity index (χ1n) is 6.76. The maximum atomic E-state index is 11.9. The number of nitrogens with zero attached hydrogens (tertiary/aromatic N) is 1. The molecule has 0 saturated carbocycles. The molecule has 5 heteroatoms. The van der Waals surface area contributed by atoms with Crippen molar-refractivity contribution < 1.29 is 23.2 Å². The number of hydrogen-bond donors (Lipinski definition) is 2. The number of phenolic OH excluding ortho intramolecular Hbond substituents is 2. The molecular formula is C10H14ClNO3. The number of carbonyl (C=O) groups is 1. The van der Waals surface area contributed by atoms with Gasteiger partial charge in [-0.1, -0.05) is 0 Å². The van der Waals surface area contributed by atoms with Gasteiger partial charge in [0.1, 0.15) is 0 Å². The topological polar surface area (TPSA) is 60.8 Å². The zero-order valence-corrected chi connectivity index (χ0v) is 8.41. The molecule has 0 unspecified atom stereocenters. The number of halogens is 1. The molecule has 0 amide bonds. The lowest BCUT2D eigenvalue weighted by Crippen LogP contribution is -2.21. The van der Waals surface area contributed by atoms with E-state index in [4.69, 9.17) is 13.3 Å². The average Bonchev–Trinajstić information content (AvgIpc) is 2.26. The summed E-state index contributed by atoms with van der Waals surface area (Å²) in [6, 6.07) is 3.15. The Morgan fingerprint density at radius 3 is 2.60 bits per heavy atom. The smallest absolute Gasteiger partial charge is 0.176 e. The number of benzene rings is 1. The highest BCUT2D eigenvalue weighted by Gasteiger charge is 2.09. The van der Waals surface area contributed by atoms with Crippen molar-refractivity contribution in [2.75, 3.05) is 20.5 Å². The number of Topliss-reactive ketones (excluding diaryl/α,β-unsaturated/α-hetero) is 1. The highest BCUT2D eigenvalue weighted by atomic mass is 35.5. The van der Waals surface area contributed by atoms with E-state index in [0.717, 1.165) is 18.2 Å². The van der Waals surface area contributed by atoms with Gasteiger partial charge in [-0.2, -0.15) is 0 Å². The normalized spacial score (nSPS) is 17.4. The van der Waals surface area contributed by atoms with Crippen LogP contribution in [0.25, 0.3) is 0 Å². The number of carbonyl (C=O) groups excluding carboxylic acids is 1. The molecule has 1 aromatic rings. The largest absolute Gasteiger partial charge is 0.504 e. The first-order chi connectivity index (χ1) is 8.93. The van der Waals surface area contributed by atoms with Crippen molar-refractivity contribution in [3.63, 3.8) is 0 Å². The Morgan fingerprint density at radius 1 is 1.40 bits per heavy atom. The summed E-state index contributed by atoms with van der Waals surface area (Å²) in [7, 11) is 0. The van der Waals surface area contributed by atoms with Crippen LogP contribution in [-0.2, 0) is 0 Å². The standard InChI is InChI=1S/C10H13NO3.ClH/c1-11(2)6-10(14)7-3-4-8(12)9(13)5-7;/h3-5,12-13H,6H2,1-2H3;1H/i1D3,2D3;. The van der Waals surface area contributed by atoms with E-state index in [2.05, 4.69) is 0 Å². The maximum Gasteiger partial charge on any atom is 0.176 e. The SMILES string of the molecule is Cl.[2H]C([2H])([2H])N(CC(=O)c1ccc(O)c(O)c1)C([2H])([2H])[2H]. The van der Waals surface area contributed by atoms with Crippen LogP contribution in [0.15, 0.2) is 18.2 Å². The van der Waals surface area contributed by atoms with E-state index in [0.29, 0.717) is 0 Å². The van der Waals surface area contributed by atoms with Crippen LogP contribution in [0, 0.1) is 0 Å². The fraction of sp³-hybridized carbons (Fsp3) is 0.300. The predicted molar refractivity (Wildman–Crippen MR) is 59.9 cm³/mol. The molecule has 1 rings (SSSR count). The van der Waals surface area contributed by atoms with E-state index in [1.165, 1.54) is 0 Å². The molecule has 0 atom stereocenters. The molecule has 4 nitrogen and oxygen atoms in total. The molecule has 0 heterocycles. The number of hydrogen-bond acceptors (Lipinski definition) is 4. The molecule has 0 aliphatic heterocycles. The molecule has 15 heavy (non-hydrogen) atoms. The van der Waals surface area contributed by atoms with Crippen molar-refractivity contribution in [2.45, 2.75) is 0 Å². The molecule has 0 bridgehead atoms. The van der Waals surface area contributed by atoms with Crippen LogP contribution >= 0.6 is 12.4 Å². The first-order valence-corrected chi connectivity index (χ1v) is 3.76. The lowest BCUT2D eigenvalue weighted by Gasteiger charge is -2.08. The van der Waals surface area contributed by atoms with Gasteiger partial charge in [0.05, 0.1) is 6.54 Å². The monoisotopic (exact) mass is 237 g/mol. The Kier molecular flexibility index (Phi) is 2.36. The molecule has 0 fully saturated rings. The highest BCUT2D eigenvalue weighted by molar-refractivity contribution is 5.98. The zero-order chi connectivity index (χ0) is 15.7. The molecule has 0 spiro atoms. The van der Waals surface area contributed by atoms with Crippen LogP contribution in [0.2, 0.25) is 0 Å². The fourth-order valence-electron chi connectivity index (χ4n) is 0.932. The van der Waals surface area contributed by atoms with E-state index in [-0.39, 0.29) is 22.9 Å². The van der Waals surface area contributed by atoms with Crippen LogP contribution in [0.3, 0.4) is 0 Å². The molecule has 0 aromatic heterocycles. The maximum absolute atomic E-state index is 11.9. The zero-order valence-electron chi connectivity index (χ0n) is 13.6. The van der Waals surface area contributed by atoms with Crippen LogP contribution in [0.4, 0.5) is 0 Å². The fourth-order valence-corrected chi connectivity index (χ4v) is 0.932. The van der Waals surface area contributed by atoms with Gasteiger partial charge in [0, 0.05) is 13.8 Å². The van der Waals surface area contributed by atoms with Gasteiger partial charge in [0.25, 0.3) is 0 Å². The molecule has 0 saturated heterocycles. The van der Waals surface area contributed by atoms with Crippen molar-refractivity contribution in [3.8, 4) is 11.5 Å². The molecule has 84 valence electrons. The second kappa shape index (κ2) is 5.58. The summed E-state index contributed by atoms with van der Waals surface area (Å²) in [5.74, 6) is -1.79. The van der Waals surface area contributed by atoms with Crippen molar-refractivity contribution >= 4 is 18.2 Å². The van der Waals surface area contributed by atoms with Gasteiger partial charge in [-0.05, 0) is 32.2 Å². The summed E-state index contributed by atoms with van der Waals surface area (Å²) < 4.78 is 42.8. The third-order valence-electron chi connectivity index (χ3n) is 1.60. The minimum atomic E-state index is -2.96. The molecule has 2 N–H and O–H groups in total. The van der Waals surface area contributed by atoms with Crippen molar-refractivity contribution in [2.24, 2.45) is 0 Å². The van der Waals surface area contributed by atoms with Crippen LogP contribution < -0.4 is 0 Å². The lowest BCUT2D eigenvalue weighted by molar-refractivity contribution is 0.0957. The number of likely N-dealkylation sites (N-methyl/N-ethyl adjacent to an activating group) is 1. The summed E-state index contributed by atoms with van der Waals surface area (Å²) in [5, 5.41) is 18.4. The second-order valence-corrected chi connectivity index (χ2v) is 2.71. The van der Waals surface area contributed by atoms with Crippen LogP contribution in [0.1, 0.15) is 18.6 Å². The summed E-state index contributed by atoms with van der Waals surface area (Å²) >= 11 is 0. The van der Waals surface area contributed by atoms with Gasteiger partial charge in [-0.15, -0.1) is 12.4 Å². The Morgan fingerprint density at radius 2 is 2.07 bits per heavy atom. The van der Waals surface area contributed by atoms with Crippen molar-refractivity contribution in [1.82, 2.24) is 4.90 Å². The summed E-state index contributed by atoms with van der Waals surface area (Å²) in [5.41, 5.74) is -0.0983. The average molecular weight is 238 g/mol. The summed E-state index contributed by atoms with van der Waals surface area (Å²) in [4.78, 5) is 12.0. The molecule has 0 aliphatic rings. The van der Waals surface area contributed by atoms with Gasteiger partial charge in [0.2, 0.25) is 0 Å².